The Morgan fingerprint density at radius 1 is 1.29 bits per heavy atom. The minimum Gasteiger partial charge on any atom is -0.388 e. The third-order valence-corrected chi connectivity index (χ3v) is 3.89. The standard InChI is InChI=1S/C14H26N6O/c1-10-6-5-7-14(21,8-10)9-16-12-17-11(15-2)18-13(19-12)20(3)4/h10,21H,5-9H2,1-4H3,(H2,15,16,17,18,19). The molecule has 0 bridgehead atoms. The van der Waals surface area contributed by atoms with Crippen molar-refractivity contribution in [1.29, 1.82) is 0 Å². The Morgan fingerprint density at radius 3 is 2.62 bits per heavy atom. The van der Waals surface area contributed by atoms with Gasteiger partial charge in [0.25, 0.3) is 0 Å². The maximum atomic E-state index is 10.6. The molecule has 2 rings (SSSR count). The van der Waals surface area contributed by atoms with Gasteiger partial charge in [0, 0.05) is 27.7 Å². The summed E-state index contributed by atoms with van der Waals surface area (Å²) in [5.74, 6) is 2.15. The van der Waals surface area contributed by atoms with E-state index in [-0.39, 0.29) is 0 Å². The Hall–Kier alpha value is -1.63. The van der Waals surface area contributed by atoms with Gasteiger partial charge in [-0.05, 0) is 18.8 Å². The van der Waals surface area contributed by atoms with Gasteiger partial charge in [-0.1, -0.05) is 19.8 Å². The van der Waals surface area contributed by atoms with Gasteiger partial charge in [-0.2, -0.15) is 15.0 Å². The van der Waals surface area contributed by atoms with Gasteiger partial charge < -0.3 is 20.6 Å². The van der Waals surface area contributed by atoms with E-state index in [1.54, 1.807) is 7.05 Å². The number of anilines is 3. The van der Waals surface area contributed by atoms with Crippen LogP contribution >= 0.6 is 0 Å². The highest BCUT2D eigenvalue weighted by atomic mass is 16.3. The molecule has 0 aromatic carbocycles. The van der Waals surface area contributed by atoms with Gasteiger partial charge in [-0.25, -0.2) is 0 Å². The van der Waals surface area contributed by atoms with Crippen LogP contribution in [0.2, 0.25) is 0 Å². The first-order chi connectivity index (χ1) is 9.92. The number of nitrogens with one attached hydrogen (secondary N) is 2. The number of aliphatic hydroxyl groups is 1. The van der Waals surface area contributed by atoms with Crippen molar-refractivity contribution in [2.24, 2.45) is 5.92 Å². The molecule has 21 heavy (non-hydrogen) atoms. The van der Waals surface area contributed by atoms with E-state index < -0.39 is 5.60 Å². The maximum absolute atomic E-state index is 10.6. The molecule has 1 aromatic rings. The lowest BCUT2D eigenvalue weighted by molar-refractivity contribution is -0.000897. The molecule has 2 unspecified atom stereocenters. The molecule has 1 aliphatic rings. The molecule has 1 saturated carbocycles. The lowest BCUT2D eigenvalue weighted by Gasteiger charge is -2.35. The molecule has 0 saturated heterocycles. The van der Waals surface area contributed by atoms with E-state index in [0.29, 0.717) is 30.3 Å². The summed E-state index contributed by atoms with van der Waals surface area (Å²) >= 11 is 0. The second-order valence-corrected chi connectivity index (χ2v) is 6.21. The molecule has 2 atom stereocenters. The van der Waals surface area contributed by atoms with Crippen molar-refractivity contribution in [3.8, 4) is 0 Å². The summed E-state index contributed by atoms with van der Waals surface area (Å²) in [6.45, 7) is 2.66. The van der Waals surface area contributed by atoms with Crippen LogP contribution in [0.25, 0.3) is 0 Å². The lowest BCUT2D eigenvalue weighted by atomic mass is 9.79. The Bertz CT molecular complexity index is 481. The average Bonchev–Trinajstić information content (AvgIpc) is 2.44. The van der Waals surface area contributed by atoms with Gasteiger partial charge in [0.1, 0.15) is 0 Å². The minimum absolute atomic E-state index is 0.470. The van der Waals surface area contributed by atoms with Crippen LogP contribution < -0.4 is 15.5 Å². The quantitative estimate of drug-likeness (QED) is 0.755. The molecule has 1 heterocycles. The second-order valence-electron chi connectivity index (χ2n) is 6.21. The first-order valence-corrected chi connectivity index (χ1v) is 7.49. The van der Waals surface area contributed by atoms with Crippen molar-refractivity contribution >= 4 is 17.8 Å². The zero-order valence-corrected chi connectivity index (χ0v) is 13.3. The Morgan fingerprint density at radius 2 is 2.00 bits per heavy atom. The molecule has 7 heteroatoms. The predicted octanol–water partition coefficient (Wildman–Crippen LogP) is 1.33. The molecule has 1 fully saturated rings. The summed E-state index contributed by atoms with van der Waals surface area (Å²) in [5, 5.41) is 16.7. The van der Waals surface area contributed by atoms with E-state index in [1.807, 2.05) is 19.0 Å². The minimum atomic E-state index is -0.664. The number of hydrogen-bond donors (Lipinski definition) is 3. The number of rotatable bonds is 5. The van der Waals surface area contributed by atoms with Gasteiger partial charge in [-0.3, -0.25) is 0 Å². The normalized spacial score (nSPS) is 25.5. The van der Waals surface area contributed by atoms with Crippen molar-refractivity contribution in [2.75, 3.05) is 43.2 Å². The molecular formula is C14H26N6O. The smallest absolute Gasteiger partial charge is 0.231 e. The van der Waals surface area contributed by atoms with Crippen LogP contribution in [0, 0.1) is 5.92 Å². The van der Waals surface area contributed by atoms with Crippen molar-refractivity contribution in [3.63, 3.8) is 0 Å². The monoisotopic (exact) mass is 294 g/mol. The van der Waals surface area contributed by atoms with Crippen molar-refractivity contribution < 1.29 is 5.11 Å². The molecule has 3 N–H and O–H groups in total. The topological polar surface area (TPSA) is 86.2 Å². The summed E-state index contributed by atoms with van der Waals surface area (Å²) < 4.78 is 0. The van der Waals surface area contributed by atoms with Crippen molar-refractivity contribution in [2.45, 2.75) is 38.2 Å². The summed E-state index contributed by atoms with van der Waals surface area (Å²) in [5.41, 5.74) is -0.664. The summed E-state index contributed by atoms with van der Waals surface area (Å²) in [7, 11) is 5.54. The fourth-order valence-electron chi connectivity index (χ4n) is 2.79. The van der Waals surface area contributed by atoms with Gasteiger partial charge in [0.15, 0.2) is 0 Å². The Labute approximate surface area is 126 Å². The van der Waals surface area contributed by atoms with Gasteiger partial charge in [-0.15, -0.1) is 0 Å². The highest BCUT2D eigenvalue weighted by Crippen LogP contribution is 2.32. The van der Waals surface area contributed by atoms with Gasteiger partial charge in [0.05, 0.1) is 5.60 Å². The molecule has 0 amide bonds. The zero-order valence-electron chi connectivity index (χ0n) is 13.3. The van der Waals surface area contributed by atoms with Gasteiger partial charge in [0.2, 0.25) is 17.8 Å². The summed E-state index contributed by atoms with van der Waals surface area (Å²) in [4.78, 5) is 14.7. The number of hydrogen-bond acceptors (Lipinski definition) is 7. The highest BCUT2D eigenvalue weighted by molar-refractivity contribution is 5.42. The fraction of sp³-hybridized carbons (Fsp3) is 0.786. The molecular weight excluding hydrogens is 268 g/mol. The first kappa shape index (κ1) is 15.8. The number of nitrogens with zero attached hydrogens (tertiary/aromatic N) is 4. The van der Waals surface area contributed by atoms with E-state index in [2.05, 4.69) is 32.5 Å². The van der Waals surface area contributed by atoms with E-state index in [1.165, 1.54) is 6.42 Å². The molecule has 0 aliphatic heterocycles. The average molecular weight is 294 g/mol. The lowest BCUT2D eigenvalue weighted by Crippen LogP contribution is -2.41. The van der Waals surface area contributed by atoms with E-state index >= 15 is 0 Å². The van der Waals surface area contributed by atoms with Gasteiger partial charge >= 0.3 is 0 Å². The summed E-state index contributed by atoms with van der Waals surface area (Å²) in [6.07, 6.45) is 3.92. The van der Waals surface area contributed by atoms with Crippen molar-refractivity contribution in [3.05, 3.63) is 0 Å². The zero-order chi connectivity index (χ0) is 15.5. The van der Waals surface area contributed by atoms with Crippen LogP contribution in [-0.4, -0.2) is 53.3 Å². The fourth-order valence-corrected chi connectivity index (χ4v) is 2.79. The molecule has 1 aromatic heterocycles. The number of aromatic nitrogens is 3. The SMILES string of the molecule is CNc1nc(NCC2(O)CCCC(C)C2)nc(N(C)C)n1. The van der Waals surface area contributed by atoms with Crippen LogP contribution in [0.1, 0.15) is 32.6 Å². The molecule has 7 nitrogen and oxygen atoms in total. The summed E-state index contributed by atoms with van der Waals surface area (Å²) in [6, 6.07) is 0. The Kier molecular flexibility index (Phi) is 4.82. The second kappa shape index (κ2) is 6.43. The largest absolute Gasteiger partial charge is 0.388 e. The third-order valence-electron chi connectivity index (χ3n) is 3.89. The highest BCUT2D eigenvalue weighted by Gasteiger charge is 2.32. The van der Waals surface area contributed by atoms with E-state index in [0.717, 1.165) is 19.3 Å². The molecule has 0 spiro atoms. The predicted molar refractivity (Wildman–Crippen MR) is 84.8 cm³/mol. The van der Waals surface area contributed by atoms with E-state index in [4.69, 9.17) is 0 Å². The molecule has 118 valence electrons. The van der Waals surface area contributed by atoms with Crippen LogP contribution in [0.5, 0.6) is 0 Å². The van der Waals surface area contributed by atoms with Crippen LogP contribution in [0.3, 0.4) is 0 Å². The van der Waals surface area contributed by atoms with Crippen LogP contribution in [0.4, 0.5) is 17.8 Å². The third kappa shape index (κ3) is 4.17. The molecule has 1 aliphatic carbocycles. The maximum Gasteiger partial charge on any atom is 0.231 e. The van der Waals surface area contributed by atoms with E-state index in [9.17, 15) is 5.11 Å². The Balaban J connectivity index is 2.06. The molecule has 0 radical (unpaired) electrons. The van der Waals surface area contributed by atoms with Crippen LogP contribution in [0.15, 0.2) is 0 Å². The van der Waals surface area contributed by atoms with Crippen molar-refractivity contribution in [1.82, 2.24) is 15.0 Å². The first-order valence-electron chi connectivity index (χ1n) is 7.49. The van der Waals surface area contributed by atoms with Crippen LogP contribution in [-0.2, 0) is 0 Å².